The summed E-state index contributed by atoms with van der Waals surface area (Å²) in [6.45, 7) is 4.69. The predicted molar refractivity (Wildman–Crippen MR) is 56.9 cm³/mol. The SMILES string of the molecule is CC1=CC2=C(C)CCCC2=[C]1[Zr+2]1[CH2][CH2]1.[Cl-].[Cl-]. The topological polar surface area (TPSA) is 0 Å². The van der Waals surface area contributed by atoms with E-state index in [1.54, 1.807) is 30.5 Å². The molecular weight excluding hydrogens is 318 g/mol. The Morgan fingerprint density at radius 3 is 2.38 bits per heavy atom. The first-order chi connectivity index (χ1) is 6.77. The van der Waals surface area contributed by atoms with Crippen molar-refractivity contribution in [2.45, 2.75) is 41.4 Å². The molecule has 3 heteroatoms. The Morgan fingerprint density at radius 2 is 1.75 bits per heavy atom. The van der Waals surface area contributed by atoms with E-state index in [9.17, 15) is 0 Å². The Kier molecular flexibility index (Phi) is 5.11. The summed E-state index contributed by atoms with van der Waals surface area (Å²) in [6.07, 6.45) is 6.63. The van der Waals surface area contributed by atoms with Crippen LogP contribution in [0.15, 0.2) is 31.6 Å². The van der Waals surface area contributed by atoms with Crippen LogP contribution in [-0.4, -0.2) is 0 Å². The molecule has 0 radical (unpaired) electrons. The second-order valence-corrected chi connectivity index (χ2v) is 11.5. The van der Waals surface area contributed by atoms with E-state index < -0.39 is 21.8 Å². The summed E-state index contributed by atoms with van der Waals surface area (Å²) in [5, 5.41) is 0. The zero-order chi connectivity index (χ0) is 9.71. The first-order valence-electron chi connectivity index (χ1n) is 5.74. The molecule has 3 aliphatic rings. The molecule has 0 amide bonds. The van der Waals surface area contributed by atoms with Crippen LogP contribution in [0.25, 0.3) is 0 Å². The predicted octanol–water partition coefficient (Wildman–Crippen LogP) is -1.82. The summed E-state index contributed by atoms with van der Waals surface area (Å²) < 4.78 is 5.21. The molecule has 1 saturated heterocycles. The minimum absolute atomic E-state index is 0. The first kappa shape index (κ1) is 14.7. The van der Waals surface area contributed by atoms with Gasteiger partial charge in [-0.15, -0.1) is 0 Å². The van der Waals surface area contributed by atoms with Crippen molar-refractivity contribution in [3.63, 3.8) is 0 Å². The maximum absolute atomic E-state index is 2.49. The normalized spacial score (nSPS) is 22.4. The summed E-state index contributed by atoms with van der Waals surface area (Å²) >= 11 is -0.920. The van der Waals surface area contributed by atoms with Crippen molar-refractivity contribution in [3.8, 4) is 0 Å². The van der Waals surface area contributed by atoms with Crippen LogP contribution in [0.3, 0.4) is 0 Å². The van der Waals surface area contributed by atoms with E-state index in [1.165, 1.54) is 19.3 Å². The molecule has 87 valence electrons. The minimum atomic E-state index is -0.920. The molecule has 0 spiro atoms. The number of allylic oxidation sites excluding steroid dienone is 6. The standard InChI is InChI=1S/C11H13.C2H4.2ClH.Zr/c1-8-6-10-5-3-4-9(2)11(10)7-8;1-2;;;/h7H,3-5H2,1-2H3;1-2H2;2*1H;/q;;;;+2/p-2. The Labute approximate surface area is 119 Å². The Balaban J connectivity index is 0.000000640. The molecular formula is C13H17Cl2Zr. The number of rotatable bonds is 1. The molecule has 0 saturated carbocycles. The van der Waals surface area contributed by atoms with Crippen LogP contribution in [-0.2, 0) is 21.8 Å². The molecule has 1 aliphatic heterocycles. The van der Waals surface area contributed by atoms with Gasteiger partial charge in [0.05, 0.1) is 0 Å². The van der Waals surface area contributed by atoms with Crippen molar-refractivity contribution in [3.05, 3.63) is 31.6 Å². The van der Waals surface area contributed by atoms with Crippen LogP contribution in [0.5, 0.6) is 0 Å². The third kappa shape index (κ3) is 2.42. The quantitative estimate of drug-likeness (QED) is 0.529. The third-order valence-corrected chi connectivity index (χ3v) is 9.58. The van der Waals surface area contributed by atoms with Crippen molar-refractivity contribution >= 4 is 0 Å². The van der Waals surface area contributed by atoms with Crippen LogP contribution in [0, 0.1) is 0 Å². The van der Waals surface area contributed by atoms with Gasteiger partial charge in [-0.25, -0.2) is 0 Å². The van der Waals surface area contributed by atoms with Gasteiger partial charge in [-0.3, -0.25) is 0 Å². The molecule has 0 nitrogen and oxygen atoms in total. The molecule has 16 heavy (non-hydrogen) atoms. The number of hydrogen-bond donors (Lipinski definition) is 0. The van der Waals surface area contributed by atoms with Gasteiger partial charge in [-0.2, -0.15) is 0 Å². The maximum Gasteiger partial charge on any atom is -1.00 e. The van der Waals surface area contributed by atoms with Crippen molar-refractivity contribution in [1.29, 1.82) is 0 Å². The summed E-state index contributed by atoms with van der Waals surface area (Å²) in [5.74, 6) is 0. The van der Waals surface area contributed by atoms with Gasteiger partial charge in [0.25, 0.3) is 0 Å². The van der Waals surface area contributed by atoms with Crippen molar-refractivity contribution in [1.82, 2.24) is 0 Å². The van der Waals surface area contributed by atoms with E-state index >= 15 is 0 Å². The summed E-state index contributed by atoms with van der Waals surface area (Å²) in [6, 6.07) is 0. The molecule has 0 atom stereocenters. The van der Waals surface area contributed by atoms with Crippen LogP contribution in [0.1, 0.15) is 33.1 Å². The number of fused-ring (bicyclic) bond motifs is 1. The third-order valence-electron chi connectivity index (χ3n) is 3.67. The fourth-order valence-electron chi connectivity index (χ4n) is 2.86. The average Bonchev–Trinajstić information content (AvgIpc) is 2.91. The second-order valence-electron chi connectivity index (χ2n) is 4.83. The van der Waals surface area contributed by atoms with E-state index in [0.29, 0.717) is 0 Å². The van der Waals surface area contributed by atoms with Crippen LogP contribution in [0.2, 0.25) is 8.26 Å². The molecule has 0 aromatic heterocycles. The zero-order valence-electron chi connectivity index (χ0n) is 9.87. The summed E-state index contributed by atoms with van der Waals surface area (Å²) in [5.41, 5.74) is 6.77. The van der Waals surface area contributed by atoms with Gasteiger partial charge in [-0.1, -0.05) is 0 Å². The van der Waals surface area contributed by atoms with Gasteiger partial charge in [0.2, 0.25) is 0 Å². The number of hydrogen-bond acceptors (Lipinski definition) is 0. The molecule has 1 heterocycles. The molecule has 0 aromatic carbocycles. The van der Waals surface area contributed by atoms with Crippen molar-refractivity contribution in [2.24, 2.45) is 0 Å². The summed E-state index contributed by atoms with van der Waals surface area (Å²) in [7, 11) is 0. The van der Waals surface area contributed by atoms with Gasteiger partial charge >= 0.3 is 94.8 Å². The van der Waals surface area contributed by atoms with Crippen LogP contribution in [0.4, 0.5) is 0 Å². The minimum Gasteiger partial charge on any atom is -1.00 e. The summed E-state index contributed by atoms with van der Waals surface area (Å²) in [4.78, 5) is 0. The molecule has 0 unspecified atom stereocenters. The van der Waals surface area contributed by atoms with Crippen molar-refractivity contribution < 1.29 is 46.6 Å². The van der Waals surface area contributed by atoms with Gasteiger partial charge in [0.15, 0.2) is 0 Å². The van der Waals surface area contributed by atoms with E-state index in [0.717, 1.165) is 0 Å². The van der Waals surface area contributed by atoms with Crippen molar-refractivity contribution in [2.75, 3.05) is 0 Å². The molecule has 3 rings (SSSR count). The average molecular weight is 335 g/mol. The monoisotopic (exact) mass is 333 g/mol. The van der Waals surface area contributed by atoms with E-state index in [1.807, 2.05) is 3.28 Å². The largest absolute Gasteiger partial charge is 1.00 e. The first-order valence-corrected chi connectivity index (χ1v) is 10.4. The fourth-order valence-corrected chi connectivity index (χ4v) is 9.45. The maximum atomic E-state index is 2.49. The van der Waals surface area contributed by atoms with Gasteiger partial charge in [-0.05, 0) is 0 Å². The number of halogens is 2. The van der Waals surface area contributed by atoms with Gasteiger partial charge < -0.3 is 24.8 Å². The zero-order valence-corrected chi connectivity index (χ0v) is 13.8. The van der Waals surface area contributed by atoms with E-state index in [-0.39, 0.29) is 24.8 Å². The van der Waals surface area contributed by atoms with Gasteiger partial charge in [0.1, 0.15) is 0 Å². The smallest absolute Gasteiger partial charge is 1.00 e. The Hall–Kier alpha value is 0.683. The molecule has 0 N–H and O–H groups in total. The van der Waals surface area contributed by atoms with E-state index in [4.69, 9.17) is 0 Å². The van der Waals surface area contributed by atoms with Crippen LogP contribution >= 0.6 is 0 Å². The Morgan fingerprint density at radius 1 is 1.06 bits per heavy atom. The molecule has 0 bridgehead atoms. The van der Waals surface area contributed by atoms with Gasteiger partial charge in [0, 0.05) is 0 Å². The van der Waals surface area contributed by atoms with E-state index in [2.05, 4.69) is 19.9 Å². The Bertz CT molecular complexity index is 387. The molecule has 0 aromatic rings. The van der Waals surface area contributed by atoms with Crippen LogP contribution < -0.4 is 24.8 Å². The molecule has 2 aliphatic carbocycles. The molecule has 1 fully saturated rings. The fraction of sp³-hybridized carbons (Fsp3) is 0.538. The second kappa shape index (κ2) is 5.55.